The molecular formula is C18H16N2O5S. The van der Waals surface area contributed by atoms with Gasteiger partial charge in [0.2, 0.25) is 10.0 Å². The summed E-state index contributed by atoms with van der Waals surface area (Å²) >= 11 is 0. The Morgan fingerprint density at radius 1 is 1.00 bits per heavy atom. The van der Waals surface area contributed by atoms with Crippen molar-refractivity contribution >= 4 is 27.7 Å². The predicted molar refractivity (Wildman–Crippen MR) is 94.3 cm³/mol. The lowest BCUT2D eigenvalue weighted by atomic mass is 10.1. The molecule has 8 heteroatoms. The van der Waals surface area contributed by atoms with Gasteiger partial charge in [0.1, 0.15) is 0 Å². The molecule has 26 heavy (non-hydrogen) atoms. The minimum Gasteiger partial charge on any atom is -0.274 e. The van der Waals surface area contributed by atoms with Gasteiger partial charge in [-0.15, -0.1) is 0 Å². The Morgan fingerprint density at radius 3 is 2.31 bits per heavy atom. The van der Waals surface area contributed by atoms with Crippen molar-refractivity contribution < 1.29 is 22.8 Å². The maximum Gasteiger partial charge on any atom is 0.264 e. The van der Waals surface area contributed by atoms with Gasteiger partial charge >= 0.3 is 0 Å². The highest BCUT2D eigenvalue weighted by Gasteiger charge is 2.35. The third-order valence-corrected chi connectivity index (χ3v) is 4.53. The molecule has 0 unspecified atom stereocenters. The van der Waals surface area contributed by atoms with E-state index in [0.29, 0.717) is 6.42 Å². The van der Waals surface area contributed by atoms with Crippen molar-refractivity contribution in [3.8, 4) is 0 Å². The van der Waals surface area contributed by atoms with Gasteiger partial charge in [0, 0.05) is 12.1 Å². The average Bonchev–Trinajstić information content (AvgIpc) is 2.83. The van der Waals surface area contributed by atoms with E-state index in [9.17, 15) is 22.8 Å². The Balaban J connectivity index is 1.80. The Labute approximate surface area is 150 Å². The van der Waals surface area contributed by atoms with E-state index in [2.05, 4.69) is 0 Å². The molecule has 2 aromatic carbocycles. The maximum absolute atomic E-state index is 12.5. The summed E-state index contributed by atoms with van der Waals surface area (Å²) < 4.78 is 24.2. The fourth-order valence-corrected chi connectivity index (χ4v) is 3.20. The zero-order valence-electron chi connectivity index (χ0n) is 13.9. The van der Waals surface area contributed by atoms with E-state index < -0.39 is 27.7 Å². The number of carbonyl (C=O) groups excluding carboxylic acids is 3. The third kappa shape index (κ3) is 3.65. The Kier molecular flexibility index (Phi) is 4.60. The van der Waals surface area contributed by atoms with Crippen LogP contribution >= 0.6 is 0 Å². The van der Waals surface area contributed by atoms with E-state index in [4.69, 9.17) is 0 Å². The van der Waals surface area contributed by atoms with E-state index in [0.717, 1.165) is 16.7 Å². The summed E-state index contributed by atoms with van der Waals surface area (Å²) in [6, 6.07) is 13.4. The number of nitrogens with zero attached hydrogens (tertiary/aromatic N) is 1. The highest BCUT2D eigenvalue weighted by molar-refractivity contribution is 7.89. The van der Waals surface area contributed by atoms with Gasteiger partial charge in [-0.2, -0.15) is 0 Å². The van der Waals surface area contributed by atoms with Crippen molar-refractivity contribution in [3.05, 3.63) is 70.8 Å². The van der Waals surface area contributed by atoms with E-state index >= 15 is 0 Å². The van der Waals surface area contributed by atoms with Crippen LogP contribution in [0.25, 0.3) is 0 Å². The Bertz CT molecular complexity index is 999. The minimum atomic E-state index is -3.72. The second kappa shape index (κ2) is 6.72. The summed E-state index contributed by atoms with van der Waals surface area (Å²) in [5.74, 6) is -1.76. The van der Waals surface area contributed by atoms with E-state index in [1.54, 1.807) is 0 Å². The van der Waals surface area contributed by atoms with Crippen LogP contribution in [-0.4, -0.2) is 43.8 Å². The first-order valence-electron chi connectivity index (χ1n) is 7.82. The van der Waals surface area contributed by atoms with Crippen LogP contribution in [0.3, 0.4) is 0 Å². The van der Waals surface area contributed by atoms with Crippen LogP contribution in [0.1, 0.15) is 36.6 Å². The largest absolute Gasteiger partial charge is 0.274 e. The molecule has 134 valence electrons. The highest BCUT2D eigenvalue weighted by Crippen LogP contribution is 2.24. The molecule has 0 aromatic heterocycles. The summed E-state index contributed by atoms with van der Waals surface area (Å²) in [5, 5.41) is 0. The first-order chi connectivity index (χ1) is 12.3. The molecular weight excluding hydrogens is 356 g/mol. The number of imide groups is 1. The number of sulfonamides is 1. The van der Waals surface area contributed by atoms with Crippen molar-refractivity contribution in [1.29, 1.82) is 0 Å². The minimum absolute atomic E-state index is 0.000217. The molecule has 1 N–H and O–H groups in total. The maximum atomic E-state index is 12.5. The first-order valence-corrected chi connectivity index (χ1v) is 9.72. The monoisotopic (exact) mass is 372 g/mol. The molecule has 2 aromatic rings. The SMILES string of the molecule is CS(=O)(=O)NC(=O)c1ccc2c(c1)C(=O)N(CCc1ccccc1)C2=O. The molecule has 0 atom stereocenters. The molecule has 0 aliphatic carbocycles. The summed E-state index contributed by atoms with van der Waals surface area (Å²) in [4.78, 5) is 38.1. The molecule has 0 saturated heterocycles. The van der Waals surface area contributed by atoms with Gasteiger partial charge in [0.25, 0.3) is 17.7 Å². The molecule has 7 nitrogen and oxygen atoms in total. The summed E-state index contributed by atoms with van der Waals surface area (Å²) in [7, 11) is -3.72. The lowest BCUT2D eigenvalue weighted by molar-refractivity contribution is 0.0656. The second-order valence-electron chi connectivity index (χ2n) is 5.96. The number of carbonyl (C=O) groups is 3. The number of benzene rings is 2. The molecule has 0 radical (unpaired) electrons. The van der Waals surface area contributed by atoms with Crippen LogP contribution in [0.2, 0.25) is 0 Å². The topological polar surface area (TPSA) is 101 Å². The molecule has 1 aliphatic rings. The molecule has 3 amide bonds. The van der Waals surface area contributed by atoms with Crippen molar-refractivity contribution in [1.82, 2.24) is 9.62 Å². The highest BCUT2D eigenvalue weighted by atomic mass is 32.2. The normalized spacial score (nSPS) is 13.7. The molecule has 0 fully saturated rings. The second-order valence-corrected chi connectivity index (χ2v) is 7.71. The van der Waals surface area contributed by atoms with Crippen LogP contribution in [0.4, 0.5) is 0 Å². The van der Waals surface area contributed by atoms with Crippen LogP contribution in [0, 0.1) is 0 Å². The zero-order chi connectivity index (χ0) is 18.9. The molecule has 3 rings (SSSR count). The van der Waals surface area contributed by atoms with Gasteiger partial charge in [-0.3, -0.25) is 19.3 Å². The van der Waals surface area contributed by atoms with Crippen LogP contribution in [0.5, 0.6) is 0 Å². The van der Waals surface area contributed by atoms with E-state index in [1.807, 2.05) is 35.1 Å². The zero-order valence-corrected chi connectivity index (χ0v) is 14.7. The van der Waals surface area contributed by atoms with Crippen LogP contribution in [-0.2, 0) is 16.4 Å². The third-order valence-electron chi connectivity index (χ3n) is 3.98. The Morgan fingerprint density at radius 2 is 1.65 bits per heavy atom. The molecule has 0 saturated carbocycles. The quantitative estimate of drug-likeness (QED) is 0.795. The number of hydrogen-bond acceptors (Lipinski definition) is 5. The summed E-state index contributed by atoms with van der Waals surface area (Å²) in [6.07, 6.45) is 1.38. The predicted octanol–water partition coefficient (Wildman–Crippen LogP) is 1.21. The van der Waals surface area contributed by atoms with E-state index in [-0.39, 0.29) is 23.2 Å². The van der Waals surface area contributed by atoms with Crippen molar-refractivity contribution in [2.75, 3.05) is 12.8 Å². The van der Waals surface area contributed by atoms with Crippen LogP contribution in [0.15, 0.2) is 48.5 Å². The number of amides is 3. The van der Waals surface area contributed by atoms with Gasteiger partial charge in [-0.05, 0) is 30.2 Å². The smallest absolute Gasteiger partial charge is 0.264 e. The summed E-state index contributed by atoms with van der Waals surface area (Å²) in [6.45, 7) is 0.223. The number of hydrogen-bond donors (Lipinski definition) is 1. The Hall–Kier alpha value is -3.00. The lowest BCUT2D eigenvalue weighted by Crippen LogP contribution is -2.31. The van der Waals surface area contributed by atoms with Gasteiger partial charge in [0.05, 0.1) is 17.4 Å². The standard InChI is InChI=1S/C18H16N2O5S/c1-26(24,25)19-16(21)13-7-8-14-15(11-13)18(23)20(17(14)22)10-9-12-5-3-2-4-6-12/h2-8,11H,9-10H2,1H3,(H,19,21). The van der Waals surface area contributed by atoms with Crippen molar-refractivity contribution in [2.45, 2.75) is 6.42 Å². The fourth-order valence-electron chi connectivity index (χ4n) is 2.75. The summed E-state index contributed by atoms with van der Waals surface area (Å²) in [5.41, 5.74) is 1.31. The lowest BCUT2D eigenvalue weighted by Gasteiger charge is -2.13. The first kappa shape index (κ1) is 17.8. The van der Waals surface area contributed by atoms with Crippen LogP contribution < -0.4 is 4.72 Å². The molecule has 0 spiro atoms. The van der Waals surface area contributed by atoms with Crippen molar-refractivity contribution in [3.63, 3.8) is 0 Å². The van der Waals surface area contributed by atoms with E-state index in [1.165, 1.54) is 18.2 Å². The number of nitrogens with one attached hydrogen (secondary N) is 1. The molecule has 0 bridgehead atoms. The average molecular weight is 372 g/mol. The number of rotatable bonds is 5. The molecule has 1 aliphatic heterocycles. The van der Waals surface area contributed by atoms with Crippen molar-refractivity contribution in [2.24, 2.45) is 0 Å². The fraction of sp³-hybridized carbons (Fsp3) is 0.167. The van der Waals surface area contributed by atoms with Gasteiger partial charge in [-0.25, -0.2) is 13.1 Å². The van der Waals surface area contributed by atoms with Gasteiger partial charge < -0.3 is 0 Å². The molecule has 1 heterocycles. The van der Waals surface area contributed by atoms with Gasteiger partial charge in [0.15, 0.2) is 0 Å². The number of fused-ring (bicyclic) bond motifs is 1. The van der Waals surface area contributed by atoms with Gasteiger partial charge in [-0.1, -0.05) is 30.3 Å².